The average Bonchev–Trinajstić information content (AvgIpc) is 2.92. The van der Waals surface area contributed by atoms with Gasteiger partial charge in [-0.05, 0) is 56.2 Å². The minimum absolute atomic E-state index is 0.0284. The van der Waals surface area contributed by atoms with Gasteiger partial charge in [-0.3, -0.25) is 4.79 Å². The summed E-state index contributed by atoms with van der Waals surface area (Å²) in [5, 5.41) is 4.34. The maximum absolute atomic E-state index is 12.5. The predicted octanol–water partition coefficient (Wildman–Crippen LogP) is 4.42. The molecule has 0 saturated heterocycles. The molecule has 0 aliphatic heterocycles. The number of benzene rings is 1. The Morgan fingerprint density at radius 2 is 2.14 bits per heavy atom. The minimum atomic E-state index is 0.0284. The maximum atomic E-state index is 12.5. The van der Waals surface area contributed by atoms with Crippen molar-refractivity contribution in [1.29, 1.82) is 0 Å². The van der Waals surface area contributed by atoms with E-state index in [1.54, 1.807) is 0 Å². The number of nitrogens with one attached hydrogen (secondary N) is 2. The van der Waals surface area contributed by atoms with Gasteiger partial charge in [0.25, 0.3) is 5.91 Å². The molecule has 0 radical (unpaired) electrons. The molecule has 2 aromatic rings. The molecule has 3 heteroatoms. The SMILES string of the molecule is CC[C@H]1CC[C@H](NC(=O)c2cc3cc(C)ccc3[nH]2)[C@H](C)C1. The van der Waals surface area contributed by atoms with Crippen molar-refractivity contribution in [3.63, 3.8) is 0 Å². The number of carbonyl (C=O) groups is 1. The smallest absolute Gasteiger partial charge is 0.267 e. The van der Waals surface area contributed by atoms with Crippen LogP contribution in [0.5, 0.6) is 0 Å². The van der Waals surface area contributed by atoms with E-state index in [1.807, 2.05) is 12.1 Å². The van der Waals surface area contributed by atoms with E-state index in [4.69, 9.17) is 0 Å². The first-order chi connectivity index (χ1) is 10.6. The van der Waals surface area contributed by atoms with Crippen LogP contribution in [0, 0.1) is 18.8 Å². The van der Waals surface area contributed by atoms with Crippen LogP contribution in [0.3, 0.4) is 0 Å². The maximum Gasteiger partial charge on any atom is 0.267 e. The Labute approximate surface area is 132 Å². The number of hydrogen-bond acceptors (Lipinski definition) is 1. The summed E-state index contributed by atoms with van der Waals surface area (Å²) in [6, 6.07) is 8.48. The van der Waals surface area contributed by atoms with Gasteiger partial charge in [0.1, 0.15) is 5.69 Å². The second-order valence-corrected chi connectivity index (χ2v) is 6.92. The number of aromatic amines is 1. The standard InChI is InChI=1S/C19H26N2O/c1-4-14-6-8-16(13(3)10-14)21-19(22)18-11-15-9-12(2)5-7-17(15)20-18/h5,7,9,11,13-14,16,20H,4,6,8,10H2,1-3H3,(H,21,22)/t13-,14+,16+/m1/s1. The van der Waals surface area contributed by atoms with Crippen molar-refractivity contribution in [3.05, 3.63) is 35.5 Å². The van der Waals surface area contributed by atoms with Crippen LogP contribution in [0.2, 0.25) is 0 Å². The van der Waals surface area contributed by atoms with E-state index in [2.05, 4.69) is 43.2 Å². The highest BCUT2D eigenvalue weighted by Crippen LogP contribution is 2.31. The fraction of sp³-hybridized carbons (Fsp3) is 0.526. The third-order valence-electron chi connectivity index (χ3n) is 5.19. The van der Waals surface area contributed by atoms with Crippen molar-refractivity contribution in [2.45, 2.75) is 52.5 Å². The molecule has 3 nitrogen and oxygen atoms in total. The van der Waals surface area contributed by atoms with Crippen LogP contribution < -0.4 is 5.32 Å². The fourth-order valence-electron chi connectivity index (χ4n) is 3.71. The molecule has 1 aromatic carbocycles. The number of amides is 1. The normalized spacial score (nSPS) is 25.3. The lowest BCUT2D eigenvalue weighted by Crippen LogP contribution is -2.42. The first kappa shape index (κ1) is 15.1. The van der Waals surface area contributed by atoms with Gasteiger partial charge in [0.05, 0.1) is 0 Å². The quantitative estimate of drug-likeness (QED) is 0.865. The Morgan fingerprint density at radius 3 is 2.86 bits per heavy atom. The summed E-state index contributed by atoms with van der Waals surface area (Å²) in [5.41, 5.74) is 2.91. The molecule has 1 aliphatic rings. The number of rotatable bonds is 3. The molecule has 0 bridgehead atoms. The van der Waals surface area contributed by atoms with Gasteiger partial charge in [-0.1, -0.05) is 31.9 Å². The molecular weight excluding hydrogens is 272 g/mol. The van der Waals surface area contributed by atoms with Crippen LogP contribution in [-0.4, -0.2) is 16.9 Å². The molecule has 0 spiro atoms. The Balaban J connectivity index is 1.70. The minimum Gasteiger partial charge on any atom is -0.351 e. The molecule has 1 saturated carbocycles. The van der Waals surface area contributed by atoms with Gasteiger partial charge < -0.3 is 10.3 Å². The van der Waals surface area contributed by atoms with E-state index in [-0.39, 0.29) is 5.91 Å². The van der Waals surface area contributed by atoms with Gasteiger partial charge in [-0.2, -0.15) is 0 Å². The second-order valence-electron chi connectivity index (χ2n) is 6.92. The van der Waals surface area contributed by atoms with Gasteiger partial charge in [-0.25, -0.2) is 0 Å². The Bertz CT molecular complexity index is 673. The molecule has 22 heavy (non-hydrogen) atoms. The molecule has 118 valence electrons. The van der Waals surface area contributed by atoms with E-state index in [1.165, 1.54) is 24.8 Å². The Hall–Kier alpha value is -1.77. The third-order valence-corrected chi connectivity index (χ3v) is 5.19. The van der Waals surface area contributed by atoms with E-state index >= 15 is 0 Å². The van der Waals surface area contributed by atoms with Crippen LogP contribution in [0.25, 0.3) is 10.9 Å². The zero-order valence-corrected chi connectivity index (χ0v) is 13.8. The van der Waals surface area contributed by atoms with E-state index in [9.17, 15) is 4.79 Å². The van der Waals surface area contributed by atoms with Crippen molar-refractivity contribution in [3.8, 4) is 0 Å². The highest BCUT2D eigenvalue weighted by atomic mass is 16.1. The summed E-state index contributed by atoms with van der Waals surface area (Å²) in [5.74, 6) is 1.43. The molecule has 0 unspecified atom stereocenters. The van der Waals surface area contributed by atoms with E-state index in [0.717, 1.165) is 23.2 Å². The summed E-state index contributed by atoms with van der Waals surface area (Å²) < 4.78 is 0. The van der Waals surface area contributed by atoms with Crippen LogP contribution in [0.15, 0.2) is 24.3 Å². The molecule has 3 atom stereocenters. The monoisotopic (exact) mass is 298 g/mol. The van der Waals surface area contributed by atoms with E-state index < -0.39 is 0 Å². The number of aryl methyl sites for hydroxylation is 1. The van der Waals surface area contributed by atoms with Crippen molar-refractivity contribution in [2.24, 2.45) is 11.8 Å². The van der Waals surface area contributed by atoms with Crippen LogP contribution in [0.4, 0.5) is 0 Å². The number of aromatic nitrogens is 1. The third kappa shape index (κ3) is 3.03. The van der Waals surface area contributed by atoms with Crippen molar-refractivity contribution >= 4 is 16.8 Å². The molecular formula is C19H26N2O. The molecule has 1 heterocycles. The number of H-pyrrole nitrogens is 1. The molecule has 1 aromatic heterocycles. The average molecular weight is 298 g/mol. The second kappa shape index (κ2) is 6.15. The van der Waals surface area contributed by atoms with Crippen LogP contribution in [0.1, 0.15) is 55.6 Å². The lowest BCUT2D eigenvalue weighted by Gasteiger charge is -2.34. The van der Waals surface area contributed by atoms with Gasteiger partial charge in [-0.15, -0.1) is 0 Å². The Morgan fingerprint density at radius 1 is 1.32 bits per heavy atom. The van der Waals surface area contributed by atoms with Crippen LogP contribution >= 0.6 is 0 Å². The Kier molecular flexibility index (Phi) is 4.23. The molecule has 3 rings (SSSR count). The summed E-state index contributed by atoms with van der Waals surface area (Å²) in [7, 11) is 0. The number of fused-ring (bicyclic) bond motifs is 1. The van der Waals surface area contributed by atoms with Gasteiger partial charge in [0.15, 0.2) is 0 Å². The molecule has 1 fully saturated rings. The zero-order valence-electron chi connectivity index (χ0n) is 13.8. The first-order valence-corrected chi connectivity index (χ1v) is 8.47. The largest absolute Gasteiger partial charge is 0.351 e. The van der Waals surface area contributed by atoms with E-state index in [0.29, 0.717) is 17.7 Å². The highest BCUT2D eigenvalue weighted by molar-refractivity contribution is 5.98. The number of hydrogen-bond donors (Lipinski definition) is 2. The van der Waals surface area contributed by atoms with Gasteiger partial charge >= 0.3 is 0 Å². The van der Waals surface area contributed by atoms with Crippen LogP contribution in [-0.2, 0) is 0 Å². The highest BCUT2D eigenvalue weighted by Gasteiger charge is 2.28. The summed E-state index contributed by atoms with van der Waals surface area (Å²) >= 11 is 0. The predicted molar refractivity (Wildman–Crippen MR) is 91.1 cm³/mol. The summed E-state index contributed by atoms with van der Waals surface area (Å²) in [6.07, 6.45) is 4.82. The lowest BCUT2D eigenvalue weighted by molar-refractivity contribution is 0.0892. The van der Waals surface area contributed by atoms with Crippen molar-refractivity contribution < 1.29 is 4.79 Å². The van der Waals surface area contributed by atoms with Gasteiger partial charge in [0, 0.05) is 16.9 Å². The van der Waals surface area contributed by atoms with Crippen molar-refractivity contribution in [2.75, 3.05) is 0 Å². The molecule has 2 N–H and O–H groups in total. The van der Waals surface area contributed by atoms with Crippen molar-refractivity contribution in [1.82, 2.24) is 10.3 Å². The molecule has 1 aliphatic carbocycles. The summed E-state index contributed by atoms with van der Waals surface area (Å²) in [6.45, 7) is 6.60. The fourth-order valence-corrected chi connectivity index (χ4v) is 3.71. The van der Waals surface area contributed by atoms with Gasteiger partial charge in [0.2, 0.25) is 0 Å². The lowest BCUT2D eigenvalue weighted by atomic mass is 9.78. The first-order valence-electron chi connectivity index (χ1n) is 8.47. The topological polar surface area (TPSA) is 44.9 Å². The number of carbonyl (C=O) groups excluding carboxylic acids is 1. The molecule has 1 amide bonds. The zero-order chi connectivity index (χ0) is 15.7. The summed E-state index contributed by atoms with van der Waals surface area (Å²) in [4.78, 5) is 15.8.